The van der Waals surface area contributed by atoms with Gasteiger partial charge >= 0.3 is 6.18 Å². The Morgan fingerprint density at radius 2 is 1.55 bits per heavy atom. The number of alkyl halides is 3. The third kappa shape index (κ3) is 2.96. The lowest BCUT2D eigenvalue weighted by atomic mass is 9.98. The summed E-state index contributed by atoms with van der Waals surface area (Å²) in [7, 11) is 0. The maximum absolute atomic E-state index is 13.0. The van der Waals surface area contributed by atoms with Gasteiger partial charge in [-0.15, -0.1) is 0 Å². The number of rotatable bonds is 2. The van der Waals surface area contributed by atoms with Gasteiger partial charge in [0.1, 0.15) is 0 Å². The van der Waals surface area contributed by atoms with Crippen LogP contribution in [0.3, 0.4) is 0 Å². The van der Waals surface area contributed by atoms with Crippen molar-refractivity contribution < 1.29 is 13.2 Å². The molecule has 2 aromatic rings. The molecule has 3 nitrogen and oxygen atoms in total. The van der Waals surface area contributed by atoms with Crippen LogP contribution < -0.4 is 17.2 Å². The van der Waals surface area contributed by atoms with Crippen LogP contribution in [0.4, 0.5) is 30.2 Å². The van der Waals surface area contributed by atoms with Crippen molar-refractivity contribution in [3.63, 3.8) is 0 Å². The van der Waals surface area contributed by atoms with Crippen LogP contribution >= 0.6 is 0 Å². The van der Waals surface area contributed by atoms with Crippen molar-refractivity contribution in [2.24, 2.45) is 0 Å². The Morgan fingerprint density at radius 1 is 0.850 bits per heavy atom. The highest BCUT2D eigenvalue weighted by Crippen LogP contribution is 2.34. The van der Waals surface area contributed by atoms with Crippen molar-refractivity contribution in [1.82, 2.24) is 0 Å². The van der Waals surface area contributed by atoms with Crippen molar-refractivity contribution in [3.8, 4) is 0 Å². The van der Waals surface area contributed by atoms with E-state index in [4.69, 9.17) is 17.2 Å². The summed E-state index contributed by atoms with van der Waals surface area (Å²) in [6.45, 7) is 0. The Labute approximate surface area is 114 Å². The number of benzene rings is 2. The van der Waals surface area contributed by atoms with Crippen LogP contribution in [-0.2, 0) is 12.6 Å². The smallest absolute Gasteiger partial charge is 0.399 e. The average molecular weight is 281 g/mol. The summed E-state index contributed by atoms with van der Waals surface area (Å²) in [6, 6.07) is 8.58. The molecule has 20 heavy (non-hydrogen) atoms. The van der Waals surface area contributed by atoms with E-state index in [9.17, 15) is 13.2 Å². The highest BCUT2D eigenvalue weighted by Gasteiger charge is 2.33. The zero-order valence-electron chi connectivity index (χ0n) is 10.5. The van der Waals surface area contributed by atoms with E-state index in [1.165, 1.54) is 12.1 Å². The third-order valence-corrected chi connectivity index (χ3v) is 2.99. The van der Waals surface area contributed by atoms with E-state index < -0.39 is 11.7 Å². The van der Waals surface area contributed by atoms with Crippen molar-refractivity contribution in [1.29, 1.82) is 0 Å². The van der Waals surface area contributed by atoms with E-state index >= 15 is 0 Å². The zero-order valence-corrected chi connectivity index (χ0v) is 10.5. The van der Waals surface area contributed by atoms with E-state index in [2.05, 4.69) is 0 Å². The van der Waals surface area contributed by atoms with E-state index in [0.717, 1.165) is 6.07 Å². The fourth-order valence-electron chi connectivity index (χ4n) is 1.97. The number of hydrogen-bond acceptors (Lipinski definition) is 3. The highest BCUT2D eigenvalue weighted by atomic mass is 19.4. The second kappa shape index (κ2) is 4.96. The third-order valence-electron chi connectivity index (χ3n) is 2.99. The molecule has 2 aromatic carbocycles. The topological polar surface area (TPSA) is 78.1 Å². The van der Waals surface area contributed by atoms with Gasteiger partial charge < -0.3 is 17.2 Å². The molecule has 0 fully saturated rings. The van der Waals surface area contributed by atoms with Gasteiger partial charge in [0.15, 0.2) is 0 Å². The predicted molar refractivity (Wildman–Crippen MR) is 73.9 cm³/mol. The van der Waals surface area contributed by atoms with E-state index in [-0.39, 0.29) is 17.7 Å². The SMILES string of the molecule is Nc1ccc(Cc2ccc(N)c(N)c2)c(C(F)(F)F)c1. The van der Waals surface area contributed by atoms with Crippen LogP contribution in [-0.4, -0.2) is 0 Å². The molecule has 0 saturated heterocycles. The van der Waals surface area contributed by atoms with Gasteiger partial charge in [-0.1, -0.05) is 12.1 Å². The zero-order chi connectivity index (χ0) is 14.9. The monoisotopic (exact) mass is 281 g/mol. The quantitative estimate of drug-likeness (QED) is 0.740. The van der Waals surface area contributed by atoms with Gasteiger partial charge in [-0.25, -0.2) is 0 Å². The highest BCUT2D eigenvalue weighted by molar-refractivity contribution is 5.64. The Kier molecular flexibility index (Phi) is 3.48. The summed E-state index contributed by atoms with van der Waals surface area (Å²) in [5.41, 5.74) is 17.6. The lowest BCUT2D eigenvalue weighted by Gasteiger charge is -2.14. The molecule has 0 aliphatic carbocycles. The summed E-state index contributed by atoms with van der Waals surface area (Å²) < 4.78 is 38.9. The second-order valence-electron chi connectivity index (χ2n) is 4.55. The minimum Gasteiger partial charge on any atom is -0.399 e. The molecule has 0 radical (unpaired) electrons. The molecule has 0 saturated carbocycles. The van der Waals surface area contributed by atoms with Crippen LogP contribution in [0, 0.1) is 0 Å². The predicted octanol–water partition coefficient (Wildman–Crippen LogP) is 3.04. The number of nitrogen functional groups attached to an aromatic ring is 3. The molecular formula is C14H14F3N3. The Hall–Kier alpha value is -2.37. The van der Waals surface area contributed by atoms with E-state index in [0.29, 0.717) is 16.9 Å². The lowest BCUT2D eigenvalue weighted by Crippen LogP contribution is -2.10. The van der Waals surface area contributed by atoms with Gasteiger partial charge in [0.2, 0.25) is 0 Å². The largest absolute Gasteiger partial charge is 0.416 e. The number of hydrogen-bond donors (Lipinski definition) is 3. The average Bonchev–Trinajstić information content (AvgIpc) is 2.35. The normalized spacial score (nSPS) is 11.6. The maximum Gasteiger partial charge on any atom is 0.416 e. The first kappa shape index (κ1) is 14.0. The molecule has 0 bridgehead atoms. The molecular weight excluding hydrogens is 267 g/mol. The van der Waals surface area contributed by atoms with Gasteiger partial charge in [-0.05, 0) is 41.8 Å². The first-order chi connectivity index (χ1) is 9.27. The molecule has 2 rings (SSSR count). The summed E-state index contributed by atoms with van der Waals surface area (Å²) >= 11 is 0. The standard InChI is InChI=1S/C14H14F3N3/c15-14(16,17)11-7-10(18)3-2-9(11)5-8-1-4-12(19)13(20)6-8/h1-4,6-7H,5,18-20H2. The summed E-state index contributed by atoms with van der Waals surface area (Å²) in [5, 5.41) is 0. The molecule has 6 N–H and O–H groups in total. The van der Waals surface area contributed by atoms with Crippen molar-refractivity contribution >= 4 is 17.1 Å². The number of halogens is 3. The van der Waals surface area contributed by atoms with Crippen molar-refractivity contribution in [2.75, 3.05) is 17.2 Å². The van der Waals surface area contributed by atoms with Gasteiger partial charge in [0.25, 0.3) is 0 Å². The molecule has 0 amide bonds. The lowest BCUT2D eigenvalue weighted by molar-refractivity contribution is -0.138. The van der Waals surface area contributed by atoms with Crippen LogP contribution in [0.15, 0.2) is 36.4 Å². The number of anilines is 3. The Bertz CT molecular complexity index is 636. The first-order valence-corrected chi connectivity index (χ1v) is 5.87. The Morgan fingerprint density at radius 3 is 2.15 bits per heavy atom. The van der Waals surface area contributed by atoms with Crippen LogP contribution in [0.2, 0.25) is 0 Å². The van der Waals surface area contributed by atoms with Gasteiger partial charge in [-0.3, -0.25) is 0 Å². The fraction of sp³-hybridized carbons (Fsp3) is 0.143. The minimum absolute atomic E-state index is 0.0814. The first-order valence-electron chi connectivity index (χ1n) is 5.87. The van der Waals surface area contributed by atoms with E-state index in [1.54, 1.807) is 18.2 Å². The molecule has 0 aliphatic rings. The molecule has 0 unspecified atom stereocenters. The molecule has 6 heteroatoms. The van der Waals surface area contributed by atoms with Crippen LogP contribution in [0.5, 0.6) is 0 Å². The van der Waals surface area contributed by atoms with Crippen molar-refractivity contribution in [2.45, 2.75) is 12.6 Å². The molecule has 0 spiro atoms. The maximum atomic E-state index is 13.0. The summed E-state index contributed by atoms with van der Waals surface area (Å²) in [6.07, 6.45) is -4.33. The molecule has 0 heterocycles. The molecule has 0 atom stereocenters. The van der Waals surface area contributed by atoms with Gasteiger partial charge in [-0.2, -0.15) is 13.2 Å². The minimum atomic E-state index is -4.44. The fourth-order valence-corrected chi connectivity index (χ4v) is 1.97. The molecule has 106 valence electrons. The second-order valence-corrected chi connectivity index (χ2v) is 4.55. The summed E-state index contributed by atoms with van der Waals surface area (Å²) in [4.78, 5) is 0. The van der Waals surface area contributed by atoms with Gasteiger partial charge in [0, 0.05) is 5.69 Å². The number of nitrogens with two attached hydrogens (primary N) is 3. The van der Waals surface area contributed by atoms with Crippen LogP contribution in [0.1, 0.15) is 16.7 Å². The Balaban J connectivity index is 2.40. The molecule has 0 aliphatic heterocycles. The van der Waals surface area contributed by atoms with Gasteiger partial charge in [0.05, 0.1) is 16.9 Å². The van der Waals surface area contributed by atoms with Crippen LogP contribution in [0.25, 0.3) is 0 Å². The summed E-state index contributed by atoms with van der Waals surface area (Å²) in [5.74, 6) is 0. The van der Waals surface area contributed by atoms with Crippen molar-refractivity contribution in [3.05, 3.63) is 53.1 Å². The van der Waals surface area contributed by atoms with E-state index in [1.807, 2.05) is 0 Å². The molecule has 0 aromatic heterocycles.